The Kier molecular flexibility index (Phi) is 5.59. The van der Waals surface area contributed by atoms with Crippen LogP contribution in [0.15, 0.2) is 24.3 Å². The Labute approximate surface area is 146 Å². The van der Waals surface area contributed by atoms with E-state index < -0.39 is 0 Å². The lowest BCUT2D eigenvalue weighted by atomic mass is 9.98. The first-order chi connectivity index (χ1) is 11.1. The van der Waals surface area contributed by atoms with E-state index >= 15 is 0 Å². The molecule has 2 rings (SSSR count). The van der Waals surface area contributed by atoms with Gasteiger partial charge >= 0.3 is 0 Å². The van der Waals surface area contributed by atoms with E-state index in [-0.39, 0.29) is 16.9 Å². The predicted molar refractivity (Wildman–Crippen MR) is 98.6 cm³/mol. The maximum Gasteiger partial charge on any atom is 0.257 e. The predicted octanol–water partition coefficient (Wildman–Crippen LogP) is 3.71. The van der Waals surface area contributed by atoms with Gasteiger partial charge < -0.3 is 15.0 Å². The average molecular weight is 332 g/mol. The van der Waals surface area contributed by atoms with Crippen LogP contribution in [-0.4, -0.2) is 42.1 Å². The molecule has 0 aromatic heterocycles. The van der Waals surface area contributed by atoms with Gasteiger partial charge in [0.2, 0.25) is 0 Å². The number of rotatable bonds is 4. The molecule has 1 atom stereocenters. The van der Waals surface area contributed by atoms with E-state index in [1.54, 1.807) is 0 Å². The van der Waals surface area contributed by atoms with Gasteiger partial charge in [0.25, 0.3) is 5.91 Å². The number of nitrogens with zero attached hydrogens (tertiary/aromatic N) is 1. The van der Waals surface area contributed by atoms with Crippen LogP contribution in [0.2, 0.25) is 0 Å². The molecule has 1 heterocycles. The van der Waals surface area contributed by atoms with Crippen LogP contribution in [0, 0.1) is 5.41 Å². The van der Waals surface area contributed by atoms with Crippen LogP contribution in [0.4, 0.5) is 0 Å². The van der Waals surface area contributed by atoms with Gasteiger partial charge in [-0.25, -0.2) is 0 Å². The second-order valence-corrected chi connectivity index (χ2v) is 8.98. The van der Waals surface area contributed by atoms with Gasteiger partial charge in [-0.2, -0.15) is 0 Å². The molecule has 1 aliphatic rings. The number of nitrogens with one attached hydrogen (secondary N) is 1. The largest absolute Gasteiger partial charge is 0.492 e. The fourth-order valence-corrected chi connectivity index (χ4v) is 2.91. The zero-order chi connectivity index (χ0) is 18.0. The second-order valence-electron chi connectivity index (χ2n) is 8.98. The van der Waals surface area contributed by atoms with Crippen molar-refractivity contribution in [3.05, 3.63) is 29.8 Å². The van der Waals surface area contributed by atoms with Crippen LogP contribution >= 0.6 is 0 Å². The molecule has 134 valence electrons. The molecule has 1 aromatic rings. The van der Waals surface area contributed by atoms with Gasteiger partial charge in [0.05, 0.1) is 12.2 Å². The molecule has 1 aromatic carbocycles. The van der Waals surface area contributed by atoms with Gasteiger partial charge in [0.1, 0.15) is 5.75 Å². The average Bonchev–Trinajstić information content (AvgIpc) is 2.90. The van der Waals surface area contributed by atoms with Gasteiger partial charge in [-0.1, -0.05) is 32.9 Å². The van der Waals surface area contributed by atoms with Crippen LogP contribution < -0.4 is 10.1 Å². The molecule has 4 nitrogen and oxygen atoms in total. The Hall–Kier alpha value is -1.55. The van der Waals surface area contributed by atoms with Crippen LogP contribution in [0.5, 0.6) is 5.75 Å². The molecule has 1 fully saturated rings. The maximum absolute atomic E-state index is 12.9. The summed E-state index contributed by atoms with van der Waals surface area (Å²) in [4.78, 5) is 14.9. The van der Waals surface area contributed by atoms with Crippen LogP contribution in [-0.2, 0) is 0 Å². The molecule has 1 N–H and O–H groups in total. The summed E-state index contributed by atoms with van der Waals surface area (Å²) in [7, 11) is 0. The minimum Gasteiger partial charge on any atom is -0.492 e. The van der Waals surface area contributed by atoms with Crippen molar-refractivity contribution in [1.29, 1.82) is 0 Å². The standard InChI is InChI=1S/C20H32N2O2/c1-19(2,3)14-24-17-10-8-7-9-16(17)18(23)22-12-11-15(13-22)21-20(4,5)6/h7-10,15,21H,11-14H2,1-6H3/t15-/m1/s1. The molecular weight excluding hydrogens is 300 g/mol. The summed E-state index contributed by atoms with van der Waals surface area (Å²) in [5, 5.41) is 3.59. The molecule has 0 unspecified atom stereocenters. The maximum atomic E-state index is 12.9. The van der Waals surface area contributed by atoms with E-state index in [4.69, 9.17) is 4.74 Å². The molecule has 0 spiro atoms. The molecule has 4 heteroatoms. The summed E-state index contributed by atoms with van der Waals surface area (Å²) < 4.78 is 5.93. The highest BCUT2D eigenvalue weighted by molar-refractivity contribution is 5.97. The van der Waals surface area contributed by atoms with Gasteiger partial charge in [-0.15, -0.1) is 0 Å². The monoisotopic (exact) mass is 332 g/mol. The number of carbonyl (C=O) groups excluding carboxylic acids is 1. The van der Waals surface area contributed by atoms with Crippen molar-refractivity contribution in [2.75, 3.05) is 19.7 Å². The number of para-hydroxylation sites is 1. The topological polar surface area (TPSA) is 41.6 Å². The van der Waals surface area contributed by atoms with E-state index in [0.717, 1.165) is 19.5 Å². The highest BCUT2D eigenvalue weighted by atomic mass is 16.5. The lowest BCUT2D eigenvalue weighted by Crippen LogP contribution is -2.45. The third kappa shape index (κ3) is 5.52. The second kappa shape index (κ2) is 7.14. The van der Waals surface area contributed by atoms with Crippen molar-refractivity contribution in [3.63, 3.8) is 0 Å². The number of carbonyl (C=O) groups is 1. The fraction of sp³-hybridized carbons (Fsp3) is 0.650. The van der Waals surface area contributed by atoms with Crippen LogP contribution in [0.25, 0.3) is 0 Å². The Morgan fingerprint density at radius 1 is 1.21 bits per heavy atom. The molecule has 0 bridgehead atoms. The molecule has 0 aliphatic carbocycles. The lowest BCUT2D eigenvalue weighted by Gasteiger charge is -2.26. The van der Waals surface area contributed by atoms with E-state index in [1.807, 2.05) is 29.2 Å². The number of benzene rings is 1. The van der Waals surface area contributed by atoms with Gasteiger partial charge in [-0.3, -0.25) is 4.79 Å². The molecule has 1 saturated heterocycles. The summed E-state index contributed by atoms with van der Waals surface area (Å²) in [6.07, 6.45) is 0.994. The summed E-state index contributed by atoms with van der Waals surface area (Å²) in [6.45, 7) is 15.0. The molecule has 1 aliphatic heterocycles. The first kappa shape index (κ1) is 18.8. The van der Waals surface area contributed by atoms with E-state index in [0.29, 0.717) is 24.0 Å². The number of amides is 1. The number of ether oxygens (including phenoxy) is 1. The van der Waals surface area contributed by atoms with E-state index in [9.17, 15) is 4.79 Å². The Morgan fingerprint density at radius 2 is 1.88 bits per heavy atom. The Morgan fingerprint density at radius 3 is 2.50 bits per heavy atom. The van der Waals surface area contributed by atoms with Crippen molar-refractivity contribution < 1.29 is 9.53 Å². The lowest BCUT2D eigenvalue weighted by molar-refractivity contribution is 0.0780. The Bertz CT molecular complexity index is 570. The molecule has 0 radical (unpaired) electrons. The van der Waals surface area contributed by atoms with Crippen molar-refractivity contribution in [2.24, 2.45) is 5.41 Å². The number of hydrogen-bond donors (Lipinski definition) is 1. The fourth-order valence-electron chi connectivity index (χ4n) is 2.91. The minimum absolute atomic E-state index is 0.0610. The summed E-state index contributed by atoms with van der Waals surface area (Å²) >= 11 is 0. The zero-order valence-electron chi connectivity index (χ0n) is 16.0. The zero-order valence-corrected chi connectivity index (χ0v) is 16.0. The van der Waals surface area contributed by atoms with E-state index in [2.05, 4.69) is 46.9 Å². The first-order valence-corrected chi connectivity index (χ1v) is 8.84. The van der Waals surface area contributed by atoms with Crippen LogP contribution in [0.3, 0.4) is 0 Å². The molecule has 0 saturated carbocycles. The van der Waals surface area contributed by atoms with Crippen molar-refractivity contribution in [3.8, 4) is 5.75 Å². The SMILES string of the molecule is CC(C)(C)COc1ccccc1C(=O)N1CC[C@@H](NC(C)(C)C)C1. The highest BCUT2D eigenvalue weighted by Crippen LogP contribution is 2.25. The molecule has 1 amide bonds. The minimum atomic E-state index is 0.0610. The third-order valence-corrected chi connectivity index (χ3v) is 3.89. The highest BCUT2D eigenvalue weighted by Gasteiger charge is 2.30. The molecular formula is C20H32N2O2. The van der Waals surface area contributed by atoms with Gasteiger partial charge in [0.15, 0.2) is 0 Å². The van der Waals surface area contributed by atoms with Crippen molar-refractivity contribution in [2.45, 2.75) is 59.5 Å². The third-order valence-electron chi connectivity index (χ3n) is 3.89. The first-order valence-electron chi connectivity index (χ1n) is 8.84. The Balaban J connectivity index is 2.05. The van der Waals surface area contributed by atoms with Crippen LogP contribution in [0.1, 0.15) is 58.3 Å². The van der Waals surface area contributed by atoms with Gasteiger partial charge in [0, 0.05) is 24.7 Å². The van der Waals surface area contributed by atoms with Gasteiger partial charge in [-0.05, 0) is 44.7 Å². The summed E-state index contributed by atoms with van der Waals surface area (Å²) in [5.41, 5.74) is 0.793. The number of hydrogen-bond acceptors (Lipinski definition) is 3. The normalized spacial score (nSPS) is 18.8. The summed E-state index contributed by atoms with van der Waals surface area (Å²) in [6, 6.07) is 7.93. The van der Waals surface area contributed by atoms with Crippen molar-refractivity contribution in [1.82, 2.24) is 10.2 Å². The number of likely N-dealkylation sites (tertiary alicyclic amines) is 1. The summed E-state index contributed by atoms with van der Waals surface area (Å²) in [5.74, 6) is 0.752. The van der Waals surface area contributed by atoms with E-state index in [1.165, 1.54) is 0 Å². The quantitative estimate of drug-likeness (QED) is 0.914. The molecule has 24 heavy (non-hydrogen) atoms. The smallest absolute Gasteiger partial charge is 0.257 e. The van der Waals surface area contributed by atoms with Crippen molar-refractivity contribution >= 4 is 5.91 Å².